The maximum absolute atomic E-state index is 12.0. The van der Waals surface area contributed by atoms with Crippen LogP contribution in [0.15, 0.2) is 24.3 Å². The molecule has 1 aromatic rings. The fourth-order valence-corrected chi connectivity index (χ4v) is 2.65. The van der Waals surface area contributed by atoms with Gasteiger partial charge in [-0.25, -0.2) is 0 Å². The highest BCUT2D eigenvalue weighted by Gasteiger charge is 2.28. The van der Waals surface area contributed by atoms with Crippen molar-refractivity contribution >= 4 is 5.91 Å². The molecule has 4 heteroatoms. The highest BCUT2D eigenvalue weighted by Crippen LogP contribution is 2.27. The molecule has 0 saturated heterocycles. The molecule has 0 aliphatic heterocycles. The van der Waals surface area contributed by atoms with Gasteiger partial charge in [0, 0.05) is 20.0 Å². The number of rotatable bonds is 7. The van der Waals surface area contributed by atoms with Crippen molar-refractivity contribution in [2.24, 2.45) is 5.92 Å². The quantitative estimate of drug-likeness (QED) is 0.785. The Labute approximate surface area is 126 Å². The van der Waals surface area contributed by atoms with E-state index in [1.165, 1.54) is 0 Å². The largest absolute Gasteiger partial charge is 0.493 e. The molecule has 1 amide bonds. The summed E-state index contributed by atoms with van der Waals surface area (Å²) in [4.78, 5) is 13.8. The van der Waals surface area contributed by atoms with Crippen LogP contribution in [0.3, 0.4) is 0 Å². The number of benzene rings is 1. The summed E-state index contributed by atoms with van der Waals surface area (Å²) < 4.78 is 5.69. The molecular weight excluding hydrogens is 266 g/mol. The lowest BCUT2D eigenvalue weighted by Crippen LogP contribution is -2.39. The molecule has 0 unspecified atom stereocenters. The molecule has 4 nitrogen and oxygen atoms in total. The molecule has 0 heterocycles. The molecule has 0 bridgehead atoms. The zero-order chi connectivity index (χ0) is 15.2. The summed E-state index contributed by atoms with van der Waals surface area (Å²) in [5.74, 6) is 1.52. The van der Waals surface area contributed by atoms with Crippen LogP contribution in [0.25, 0.3) is 0 Å². The van der Waals surface area contributed by atoms with E-state index >= 15 is 0 Å². The van der Waals surface area contributed by atoms with Gasteiger partial charge < -0.3 is 14.7 Å². The van der Waals surface area contributed by atoms with Crippen LogP contribution in [0.5, 0.6) is 5.75 Å². The summed E-state index contributed by atoms with van der Waals surface area (Å²) in [6, 6.07) is 7.90. The average Bonchev–Trinajstić information content (AvgIpc) is 2.43. The molecule has 116 valence electrons. The average molecular weight is 291 g/mol. The second-order valence-electron chi connectivity index (χ2n) is 5.98. The molecule has 0 radical (unpaired) electrons. The molecular formula is C17H25NO3. The first-order valence-corrected chi connectivity index (χ1v) is 7.66. The lowest BCUT2D eigenvalue weighted by Gasteiger charge is -2.34. The van der Waals surface area contributed by atoms with Gasteiger partial charge in [-0.1, -0.05) is 18.2 Å². The second-order valence-corrected chi connectivity index (χ2v) is 5.98. The van der Waals surface area contributed by atoms with Crippen molar-refractivity contribution < 1.29 is 14.6 Å². The molecule has 0 spiro atoms. The molecule has 1 aromatic carbocycles. The highest BCUT2D eigenvalue weighted by molar-refractivity contribution is 5.75. The number of hydrogen-bond acceptors (Lipinski definition) is 3. The van der Waals surface area contributed by atoms with Gasteiger partial charge in [0.2, 0.25) is 5.91 Å². The number of aliphatic hydroxyl groups is 1. The number of amides is 1. The third kappa shape index (κ3) is 4.74. The Morgan fingerprint density at radius 1 is 1.38 bits per heavy atom. The number of ether oxygens (including phenoxy) is 1. The van der Waals surface area contributed by atoms with Crippen molar-refractivity contribution in [3.63, 3.8) is 0 Å². The van der Waals surface area contributed by atoms with Crippen LogP contribution < -0.4 is 4.74 Å². The zero-order valence-electron chi connectivity index (χ0n) is 12.9. The fraction of sp³-hybridized carbons (Fsp3) is 0.588. The van der Waals surface area contributed by atoms with E-state index < -0.39 is 0 Å². The third-order valence-electron chi connectivity index (χ3n) is 4.05. The summed E-state index contributed by atoms with van der Waals surface area (Å²) in [5.41, 5.74) is 1.12. The normalized spacial score (nSPS) is 20.7. The van der Waals surface area contributed by atoms with Gasteiger partial charge in [-0.05, 0) is 43.7 Å². The van der Waals surface area contributed by atoms with Gasteiger partial charge in [0.25, 0.3) is 0 Å². The van der Waals surface area contributed by atoms with Gasteiger partial charge in [-0.3, -0.25) is 4.79 Å². The van der Waals surface area contributed by atoms with E-state index in [1.807, 2.05) is 38.2 Å². The number of aryl methyl sites for hydroxylation is 1. The van der Waals surface area contributed by atoms with E-state index in [0.29, 0.717) is 18.9 Å². The lowest BCUT2D eigenvalue weighted by atomic mass is 9.82. The Hall–Kier alpha value is -1.55. The van der Waals surface area contributed by atoms with E-state index in [-0.39, 0.29) is 12.0 Å². The Bertz CT molecular complexity index is 469. The Morgan fingerprint density at radius 3 is 2.76 bits per heavy atom. The molecule has 1 fully saturated rings. The molecule has 0 atom stereocenters. The van der Waals surface area contributed by atoms with Crippen LogP contribution in [0.1, 0.15) is 31.2 Å². The van der Waals surface area contributed by atoms with Gasteiger partial charge in [0.1, 0.15) is 5.75 Å². The lowest BCUT2D eigenvalue weighted by molar-refractivity contribution is -0.131. The topological polar surface area (TPSA) is 49.8 Å². The maximum atomic E-state index is 12.0. The van der Waals surface area contributed by atoms with E-state index in [0.717, 1.165) is 37.1 Å². The summed E-state index contributed by atoms with van der Waals surface area (Å²) in [6.07, 6.45) is 2.74. The summed E-state index contributed by atoms with van der Waals surface area (Å²) in [6.45, 7) is 3.34. The number of nitrogens with zero attached hydrogens (tertiary/aromatic N) is 1. The van der Waals surface area contributed by atoms with Crippen LogP contribution in [0.4, 0.5) is 0 Å². The predicted octanol–water partition coefficient (Wildman–Crippen LogP) is 2.38. The zero-order valence-corrected chi connectivity index (χ0v) is 12.9. The van der Waals surface area contributed by atoms with Gasteiger partial charge in [-0.15, -0.1) is 0 Å². The summed E-state index contributed by atoms with van der Waals surface area (Å²) >= 11 is 0. The van der Waals surface area contributed by atoms with Crippen molar-refractivity contribution in [3.8, 4) is 5.75 Å². The monoisotopic (exact) mass is 291 g/mol. The Kier molecular flexibility index (Phi) is 5.62. The standard InChI is InChI=1S/C17H25NO3/c1-13-6-3-4-7-16(13)21-9-5-8-17(20)18(2)12-14-10-15(19)11-14/h3-4,6-7,14-15,19H,5,8-12H2,1-2H3. The van der Waals surface area contributed by atoms with E-state index in [9.17, 15) is 9.90 Å². The minimum atomic E-state index is -0.152. The second kappa shape index (κ2) is 7.46. The highest BCUT2D eigenvalue weighted by atomic mass is 16.5. The van der Waals surface area contributed by atoms with Gasteiger partial charge in [0.05, 0.1) is 12.7 Å². The summed E-state index contributed by atoms with van der Waals surface area (Å²) in [7, 11) is 1.84. The fourth-order valence-electron chi connectivity index (χ4n) is 2.65. The van der Waals surface area contributed by atoms with Gasteiger partial charge in [0.15, 0.2) is 0 Å². The SMILES string of the molecule is Cc1ccccc1OCCCC(=O)N(C)CC1CC(O)C1. The first kappa shape index (κ1) is 15.8. The smallest absolute Gasteiger partial charge is 0.222 e. The predicted molar refractivity (Wildman–Crippen MR) is 82.3 cm³/mol. The van der Waals surface area contributed by atoms with E-state index in [4.69, 9.17) is 4.74 Å². The first-order valence-electron chi connectivity index (χ1n) is 7.66. The van der Waals surface area contributed by atoms with E-state index in [2.05, 4.69) is 0 Å². The summed E-state index contributed by atoms with van der Waals surface area (Å²) in [5, 5.41) is 9.25. The van der Waals surface area contributed by atoms with Crippen molar-refractivity contribution in [2.45, 2.75) is 38.7 Å². The van der Waals surface area contributed by atoms with Crippen molar-refractivity contribution in [2.75, 3.05) is 20.2 Å². The van der Waals surface area contributed by atoms with Crippen LogP contribution in [0, 0.1) is 12.8 Å². The molecule has 0 aromatic heterocycles. The van der Waals surface area contributed by atoms with Crippen LogP contribution in [0.2, 0.25) is 0 Å². The van der Waals surface area contributed by atoms with Crippen LogP contribution in [-0.2, 0) is 4.79 Å². The van der Waals surface area contributed by atoms with Gasteiger partial charge >= 0.3 is 0 Å². The number of para-hydroxylation sites is 1. The van der Waals surface area contributed by atoms with Crippen LogP contribution in [-0.4, -0.2) is 42.2 Å². The number of aliphatic hydroxyl groups excluding tert-OH is 1. The maximum Gasteiger partial charge on any atom is 0.222 e. The molecule has 2 rings (SSSR count). The molecule has 1 saturated carbocycles. The number of hydrogen-bond donors (Lipinski definition) is 1. The van der Waals surface area contributed by atoms with Crippen molar-refractivity contribution in [1.29, 1.82) is 0 Å². The molecule has 1 N–H and O–H groups in total. The third-order valence-corrected chi connectivity index (χ3v) is 4.05. The van der Waals surface area contributed by atoms with Crippen molar-refractivity contribution in [3.05, 3.63) is 29.8 Å². The van der Waals surface area contributed by atoms with Crippen LogP contribution >= 0.6 is 0 Å². The number of carbonyl (C=O) groups excluding carboxylic acids is 1. The molecule has 21 heavy (non-hydrogen) atoms. The minimum absolute atomic E-state index is 0.152. The van der Waals surface area contributed by atoms with E-state index in [1.54, 1.807) is 4.90 Å². The van der Waals surface area contributed by atoms with Crippen molar-refractivity contribution in [1.82, 2.24) is 4.90 Å². The molecule has 1 aliphatic carbocycles. The molecule has 1 aliphatic rings. The first-order chi connectivity index (χ1) is 10.1. The number of carbonyl (C=O) groups is 1. The minimum Gasteiger partial charge on any atom is -0.493 e. The Balaban J connectivity index is 1.61. The van der Waals surface area contributed by atoms with Gasteiger partial charge in [-0.2, -0.15) is 0 Å². The Morgan fingerprint density at radius 2 is 2.10 bits per heavy atom.